The van der Waals surface area contributed by atoms with Crippen molar-refractivity contribution in [1.29, 1.82) is 5.26 Å². The van der Waals surface area contributed by atoms with Crippen LogP contribution in [-0.4, -0.2) is 6.04 Å². The third-order valence-corrected chi connectivity index (χ3v) is 3.13. The van der Waals surface area contributed by atoms with E-state index in [0.717, 1.165) is 11.3 Å². The summed E-state index contributed by atoms with van der Waals surface area (Å²) in [5.74, 6) is -0.162. The molecule has 2 nitrogen and oxygen atoms in total. The molecule has 0 aromatic heterocycles. The summed E-state index contributed by atoms with van der Waals surface area (Å²) in [6.07, 6.45) is 1.05. The highest BCUT2D eigenvalue weighted by Crippen LogP contribution is 2.14. The minimum absolute atomic E-state index is 0.133. The lowest BCUT2D eigenvalue weighted by atomic mass is 10.1. The predicted octanol–water partition coefficient (Wildman–Crippen LogP) is 3.93. The van der Waals surface area contributed by atoms with Crippen molar-refractivity contribution in [2.75, 3.05) is 5.32 Å². The van der Waals surface area contributed by atoms with Crippen LogP contribution in [0.3, 0.4) is 0 Å². The van der Waals surface area contributed by atoms with Gasteiger partial charge in [-0.15, -0.1) is 0 Å². The lowest BCUT2D eigenvalue weighted by Crippen LogP contribution is -2.18. The van der Waals surface area contributed by atoms with E-state index in [-0.39, 0.29) is 11.9 Å². The van der Waals surface area contributed by atoms with Crippen LogP contribution in [0.4, 0.5) is 10.1 Å². The maximum atomic E-state index is 13.6. The third kappa shape index (κ3) is 3.83. The fraction of sp³-hybridized carbons (Fsp3) is 0.235. The normalized spacial score (nSPS) is 11.7. The molecule has 2 aromatic rings. The third-order valence-electron chi connectivity index (χ3n) is 3.13. The second-order valence-corrected chi connectivity index (χ2v) is 4.87. The van der Waals surface area contributed by atoms with Crippen LogP contribution in [0.2, 0.25) is 0 Å². The summed E-state index contributed by atoms with van der Waals surface area (Å²) in [5, 5.41) is 12.0. The van der Waals surface area contributed by atoms with Gasteiger partial charge in [-0.25, -0.2) is 4.39 Å². The van der Waals surface area contributed by atoms with Crippen LogP contribution >= 0.6 is 0 Å². The maximum Gasteiger partial charge on any atom is 0.126 e. The Balaban J connectivity index is 1.96. The highest BCUT2D eigenvalue weighted by atomic mass is 19.1. The first kappa shape index (κ1) is 14.1. The molecule has 2 rings (SSSR count). The van der Waals surface area contributed by atoms with Crippen molar-refractivity contribution in [2.24, 2.45) is 0 Å². The molecule has 1 N–H and O–H groups in total. The average molecular weight is 268 g/mol. The standard InChI is InChI=1S/C17H17FN2/c1-13(12-15-4-2-3-5-17(15)18)20-16-8-6-14(7-9-16)10-11-19/h2-9,13,20H,10,12H2,1H3. The second-order valence-electron chi connectivity index (χ2n) is 4.87. The zero-order valence-electron chi connectivity index (χ0n) is 11.4. The fourth-order valence-electron chi connectivity index (χ4n) is 2.14. The monoisotopic (exact) mass is 268 g/mol. The summed E-state index contributed by atoms with van der Waals surface area (Å²) in [6.45, 7) is 2.02. The van der Waals surface area contributed by atoms with Gasteiger partial charge in [0.15, 0.2) is 0 Å². The summed E-state index contributed by atoms with van der Waals surface area (Å²) in [4.78, 5) is 0. The molecular formula is C17H17FN2. The molecule has 0 heterocycles. The average Bonchev–Trinajstić information content (AvgIpc) is 2.44. The Kier molecular flexibility index (Phi) is 4.73. The number of hydrogen-bond donors (Lipinski definition) is 1. The molecule has 0 saturated heterocycles. The van der Waals surface area contributed by atoms with E-state index in [9.17, 15) is 4.39 Å². The summed E-state index contributed by atoms with van der Waals surface area (Å²) in [7, 11) is 0. The highest BCUT2D eigenvalue weighted by molar-refractivity contribution is 5.46. The van der Waals surface area contributed by atoms with E-state index < -0.39 is 0 Å². The lowest BCUT2D eigenvalue weighted by Gasteiger charge is -2.16. The van der Waals surface area contributed by atoms with Crippen LogP contribution in [0.1, 0.15) is 18.1 Å². The second kappa shape index (κ2) is 6.72. The topological polar surface area (TPSA) is 35.8 Å². The van der Waals surface area contributed by atoms with Gasteiger partial charge in [0.2, 0.25) is 0 Å². The van der Waals surface area contributed by atoms with Crippen molar-refractivity contribution in [3.05, 3.63) is 65.5 Å². The van der Waals surface area contributed by atoms with Crippen molar-refractivity contribution >= 4 is 5.69 Å². The molecule has 1 unspecified atom stereocenters. The van der Waals surface area contributed by atoms with Crippen LogP contribution in [0, 0.1) is 17.1 Å². The molecule has 0 aliphatic heterocycles. The zero-order chi connectivity index (χ0) is 14.4. The van der Waals surface area contributed by atoms with Crippen molar-refractivity contribution in [1.82, 2.24) is 0 Å². The van der Waals surface area contributed by atoms with E-state index in [0.29, 0.717) is 18.4 Å². The van der Waals surface area contributed by atoms with Crippen molar-refractivity contribution in [2.45, 2.75) is 25.8 Å². The van der Waals surface area contributed by atoms with E-state index in [4.69, 9.17) is 5.26 Å². The Hall–Kier alpha value is -2.34. The van der Waals surface area contributed by atoms with Gasteiger partial charge in [0, 0.05) is 11.7 Å². The maximum absolute atomic E-state index is 13.6. The molecule has 102 valence electrons. The van der Waals surface area contributed by atoms with Crippen LogP contribution in [0.25, 0.3) is 0 Å². The van der Waals surface area contributed by atoms with Crippen molar-refractivity contribution in [3.63, 3.8) is 0 Å². The number of anilines is 1. The van der Waals surface area contributed by atoms with Crippen LogP contribution in [-0.2, 0) is 12.8 Å². The molecule has 0 amide bonds. The van der Waals surface area contributed by atoms with E-state index >= 15 is 0 Å². The Bertz CT molecular complexity index is 599. The predicted molar refractivity (Wildman–Crippen MR) is 78.9 cm³/mol. The molecular weight excluding hydrogens is 251 g/mol. The number of halogens is 1. The molecule has 2 aromatic carbocycles. The molecule has 0 aliphatic rings. The first-order chi connectivity index (χ1) is 9.69. The quantitative estimate of drug-likeness (QED) is 0.891. The molecule has 0 fully saturated rings. The molecule has 20 heavy (non-hydrogen) atoms. The SMILES string of the molecule is CC(Cc1ccccc1F)Nc1ccc(CC#N)cc1. The van der Waals surface area contributed by atoms with Gasteiger partial charge in [-0.1, -0.05) is 30.3 Å². The number of nitriles is 1. The molecule has 0 aliphatic carbocycles. The Morgan fingerprint density at radius 1 is 1.15 bits per heavy atom. The first-order valence-corrected chi connectivity index (χ1v) is 6.65. The zero-order valence-corrected chi connectivity index (χ0v) is 11.4. The van der Waals surface area contributed by atoms with E-state index in [1.807, 2.05) is 43.3 Å². The number of benzene rings is 2. The van der Waals surface area contributed by atoms with Crippen LogP contribution in [0.5, 0.6) is 0 Å². The number of nitrogens with zero attached hydrogens (tertiary/aromatic N) is 1. The van der Waals surface area contributed by atoms with Crippen LogP contribution in [0.15, 0.2) is 48.5 Å². The van der Waals surface area contributed by atoms with Gasteiger partial charge in [-0.3, -0.25) is 0 Å². The minimum Gasteiger partial charge on any atom is -0.382 e. The largest absolute Gasteiger partial charge is 0.382 e. The summed E-state index contributed by atoms with van der Waals surface area (Å²) in [5.41, 5.74) is 2.70. The Morgan fingerprint density at radius 2 is 1.85 bits per heavy atom. The van der Waals surface area contributed by atoms with Crippen LogP contribution < -0.4 is 5.32 Å². The summed E-state index contributed by atoms with van der Waals surface area (Å²) < 4.78 is 13.6. The summed E-state index contributed by atoms with van der Waals surface area (Å²) in [6, 6.07) is 16.9. The number of nitrogens with one attached hydrogen (secondary N) is 1. The van der Waals surface area contributed by atoms with Gasteiger partial charge in [0.1, 0.15) is 5.82 Å². The molecule has 0 bridgehead atoms. The van der Waals surface area contributed by atoms with Gasteiger partial charge < -0.3 is 5.32 Å². The number of rotatable bonds is 5. The number of hydrogen-bond acceptors (Lipinski definition) is 2. The van der Waals surface area contributed by atoms with E-state index in [2.05, 4.69) is 11.4 Å². The molecule has 1 atom stereocenters. The van der Waals surface area contributed by atoms with Gasteiger partial charge in [0.25, 0.3) is 0 Å². The fourth-order valence-corrected chi connectivity index (χ4v) is 2.14. The highest BCUT2D eigenvalue weighted by Gasteiger charge is 2.07. The molecule has 0 radical (unpaired) electrons. The van der Waals surface area contributed by atoms with Crippen molar-refractivity contribution < 1.29 is 4.39 Å². The Labute approximate surface area is 118 Å². The van der Waals surface area contributed by atoms with E-state index in [1.165, 1.54) is 6.07 Å². The minimum atomic E-state index is -0.162. The van der Waals surface area contributed by atoms with Gasteiger partial charge in [-0.05, 0) is 42.7 Å². The molecule has 3 heteroatoms. The lowest BCUT2D eigenvalue weighted by molar-refractivity contribution is 0.601. The van der Waals surface area contributed by atoms with Gasteiger partial charge in [-0.2, -0.15) is 5.26 Å². The van der Waals surface area contributed by atoms with E-state index in [1.54, 1.807) is 6.07 Å². The molecule has 0 saturated carbocycles. The smallest absolute Gasteiger partial charge is 0.126 e. The Morgan fingerprint density at radius 3 is 2.50 bits per heavy atom. The first-order valence-electron chi connectivity index (χ1n) is 6.65. The van der Waals surface area contributed by atoms with Gasteiger partial charge >= 0.3 is 0 Å². The van der Waals surface area contributed by atoms with Crippen molar-refractivity contribution in [3.8, 4) is 6.07 Å². The molecule has 0 spiro atoms. The summed E-state index contributed by atoms with van der Waals surface area (Å²) >= 11 is 0. The van der Waals surface area contributed by atoms with Gasteiger partial charge in [0.05, 0.1) is 12.5 Å².